The van der Waals surface area contributed by atoms with E-state index in [0.29, 0.717) is 17.3 Å². The van der Waals surface area contributed by atoms with Crippen LogP contribution in [0.15, 0.2) is 28.9 Å². The largest absolute Gasteiger partial charge is 0.464 e. The fourth-order valence-corrected chi connectivity index (χ4v) is 1.16. The molecule has 0 bridgehead atoms. The molecule has 0 unspecified atom stereocenters. The van der Waals surface area contributed by atoms with E-state index in [1.807, 2.05) is 0 Å². The van der Waals surface area contributed by atoms with Gasteiger partial charge in [0.05, 0.1) is 11.8 Å². The molecule has 60 valence electrons. The predicted molar refractivity (Wildman–Crippen MR) is 41.6 cm³/mol. The van der Waals surface area contributed by atoms with Crippen molar-refractivity contribution >= 4 is 17.3 Å². The first-order chi connectivity index (χ1) is 5.83. The first-order valence-corrected chi connectivity index (χ1v) is 3.44. The Balaban J connectivity index is 2.91. The van der Waals surface area contributed by atoms with E-state index in [0.717, 1.165) is 0 Å². The predicted octanol–water partition coefficient (Wildman–Crippen LogP) is 2.38. The molecule has 0 aliphatic carbocycles. The van der Waals surface area contributed by atoms with Crippen molar-refractivity contribution in [3.05, 3.63) is 35.8 Å². The zero-order chi connectivity index (χ0) is 8.55. The summed E-state index contributed by atoms with van der Waals surface area (Å²) in [5, 5.41) is 0.519. The van der Waals surface area contributed by atoms with Gasteiger partial charge in [0.25, 0.3) is 0 Å². The van der Waals surface area contributed by atoms with Crippen molar-refractivity contribution in [2.24, 2.45) is 0 Å². The van der Waals surface area contributed by atoms with Gasteiger partial charge in [0, 0.05) is 5.39 Å². The lowest BCUT2D eigenvalue weighted by Crippen LogP contribution is -1.86. The lowest BCUT2D eigenvalue weighted by Gasteiger charge is -1.94. The SMILES string of the molecule is O=Cc1c(F)ccc2occc12. The van der Waals surface area contributed by atoms with Crippen molar-refractivity contribution in [3.8, 4) is 0 Å². The van der Waals surface area contributed by atoms with Gasteiger partial charge in [-0.3, -0.25) is 4.79 Å². The summed E-state index contributed by atoms with van der Waals surface area (Å²) in [6.07, 6.45) is 1.92. The van der Waals surface area contributed by atoms with Crippen LogP contribution in [0.25, 0.3) is 11.0 Å². The van der Waals surface area contributed by atoms with Gasteiger partial charge < -0.3 is 4.42 Å². The number of carbonyl (C=O) groups is 1. The topological polar surface area (TPSA) is 30.2 Å². The number of halogens is 1. The second-order valence-electron chi connectivity index (χ2n) is 2.41. The Bertz CT molecular complexity index is 431. The second-order valence-corrected chi connectivity index (χ2v) is 2.41. The number of carbonyl (C=O) groups excluding carboxylic acids is 1. The van der Waals surface area contributed by atoms with Gasteiger partial charge >= 0.3 is 0 Å². The van der Waals surface area contributed by atoms with Gasteiger partial charge in [-0.25, -0.2) is 4.39 Å². The molecule has 0 aliphatic rings. The van der Waals surface area contributed by atoms with Gasteiger partial charge in [-0.15, -0.1) is 0 Å². The van der Waals surface area contributed by atoms with E-state index in [1.54, 1.807) is 6.07 Å². The Morgan fingerprint density at radius 1 is 1.33 bits per heavy atom. The monoisotopic (exact) mass is 164 g/mol. The molecule has 0 aliphatic heterocycles. The van der Waals surface area contributed by atoms with Crippen molar-refractivity contribution < 1.29 is 13.6 Å². The van der Waals surface area contributed by atoms with E-state index in [1.165, 1.54) is 18.4 Å². The average molecular weight is 164 g/mol. The molecule has 2 nitrogen and oxygen atoms in total. The highest BCUT2D eigenvalue weighted by Crippen LogP contribution is 2.20. The van der Waals surface area contributed by atoms with Crippen LogP contribution >= 0.6 is 0 Å². The lowest BCUT2D eigenvalue weighted by atomic mass is 10.1. The molecular weight excluding hydrogens is 159 g/mol. The van der Waals surface area contributed by atoms with Crippen LogP contribution in [0.4, 0.5) is 4.39 Å². The molecule has 0 atom stereocenters. The van der Waals surface area contributed by atoms with Crippen LogP contribution in [0.1, 0.15) is 10.4 Å². The molecule has 0 amide bonds. The van der Waals surface area contributed by atoms with Crippen LogP contribution in [0.3, 0.4) is 0 Å². The summed E-state index contributed by atoms with van der Waals surface area (Å²) in [5.41, 5.74) is 0.583. The number of rotatable bonds is 1. The standard InChI is InChI=1S/C9H5FO2/c10-8-1-2-9-6(3-4-12-9)7(8)5-11/h1-5H. The number of furan rings is 1. The molecule has 12 heavy (non-hydrogen) atoms. The molecular formula is C9H5FO2. The highest BCUT2D eigenvalue weighted by Gasteiger charge is 2.07. The van der Waals surface area contributed by atoms with Crippen LogP contribution in [0.5, 0.6) is 0 Å². The minimum Gasteiger partial charge on any atom is -0.464 e. The quantitative estimate of drug-likeness (QED) is 0.605. The van der Waals surface area contributed by atoms with Crippen LogP contribution in [-0.2, 0) is 0 Å². The van der Waals surface area contributed by atoms with Gasteiger partial charge in [0.15, 0.2) is 6.29 Å². The van der Waals surface area contributed by atoms with E-state index in [2.05, 4.69) is 0 Å². The third-order valence-electron chi connectivity index (χ3n) is 1.74. The van der Waals surface area contributed by atoms with E-state index < -0.39 is 5.82 Å². The highest BCUT2D eigenvalue weighted by molar-refractivity contribution is 5.96. The fourth-order valence-electron chi connectivity index (χ4n) is 1.16. The smallest absolute Gasteiger partial charge is 0.153 e. The summed E-state index contributed by atoms with van der Waals surface area (Å²) in [7, 11) is 0. The highest BCUT2D eigenvalue weighted by atomic mass is 19.1. The maximum absolute atomic E-state index is 12.9. The molecule has 1 aromatic heterocycles. The number of hydrogen-bond acceptors (Lipinski definition) is 2. The van der Waals surface area contributed by atoms with Crippen LogP contribution < -0.4 is 0 Å². The fraction of sp³-hybridized carbons (Fsp3) is 0. The molecule has 3 heteroatoms. The third-order valence-corrected chi connectivity index (χ3v) is 1.74. The van der Waals surface area contributed by atoms with Crippen molar-refractivity contribution in [1.82, 2.24) is 0 Å². The Morgan fingerprint density at radius 2 is 2.17 bits per heavy atom. The summed E-state index contributed by atoms with van der Waals surface area (Å²) in [4.78, 5) is 10.5. The number of hydrogen-bond donors (Lipinski definition) is 0. The van der Waals surface area contributed by atoms with Gasteiger partial charge in [0.2, 0.25) is 0 Å². The molecule has 2 aromatic rings. The summed E-state index contributed by atoms with van der Waals surface area (Å²) in [5.74, 6) is -0.515. The Hall–Kier alpha value is -1.64. The Labute approximate surface area is 67.6 Å². The Kier molecular flexibility index (Phi) is 1.43. The maximum atomic E-state index is 12.9. The summed E-state index contributed by atoms with van der Waals surface area (Å²) < 4.78 is 17.9. The molecule has 0 saturated heterocycles. The Morgan fingerprint density at radius 3 is 2.92 bits per heavy atom. The molecule has 0 radical (unpaired) electrons. The molecule has 0 spiro atoms. The van der Waals surface area contributed by atoms with E-state index in [-0.39, 0.29) is 5.56 Å². The normalized spacial score (nSPS) is 10.4. The molecule has 0 saturated carbocycles. The molecule has 2 rings (SSSR count). The number of fused-ring (bicyclic) bond motifs is 1. The van der Waals surface area contributed by atoms with E-state index in [4.69, 9.17) is 4.42 Å². The van der Waals surface area contributed by atoms with Gasteiger partial charge in [-0.05, 0) is 18.2 Å². The second kappa shape index (κ2) is 2.44. The summed E-state index contributed by atoms with van der Waals surface area (Å²) in [6, 6.07) is 4.29. The molecule has 1 aromatic carbocycles. The van der Waals surface area contributed by atoms with Crippen LogP contribution in [0.2, 0.25) is 0 Å². The zero-order valence-electron chi connectivity index (χ0n) is 6.08. The number of aldehydes is 1. The molecule has 0 fully saturated rings. The molecule has 1 heterocycles. The minimum absolute atomic E-state index is 0.0567. The first kappa shape index (κ1) is 7.03. The molecule has 0 N–H and O–H groups in total. The van der Waals surface area contributed by atoms with Gasteiger partial charge in [-0.2, -0.15) is 0 Å². The van der Waals surface area contributed by atoms with Crippen LogP contribution in [-0.4, -0.2) is 6.29 Å². The van der Waals surface area contributed by atoms with E-state index in [9.17, 15) is 9.18 Å². The van der Waals surface area contributed by atoms with Crippen molar-refractivity contribution in [2.45, 2.75) is 0 Å². The van der Waals surface area contributed by atoms with E-state index >= 15 is 0 Å². The average Bonchev–Trinajstić information content (AvgIpc) is 2.52. The maximum Gasteiger partial charge on any atom is 0.153 e. The van der Waals surface area contributed by atoms with Crippen molar-refractivity contribution in [1.29, 1.82) is 0 Å². The van der Waals surface area contributed by atoms with Crippen molar-refractivity contribution in [3.63, 3.8) is 0 Å². The summed E-state index contributed by atoms with van der Waals surface area (Å²) >= 11 is 0. The first-order valence-electron chi connectivity index (χ1n) is 3.44. The van der Waals surface area contributed by atoms with Crippen molar-refractivity contribution in [2.75, 3.05) is 0 Å². The zero-order valence-corrected chi connectivity index (χ0v) is 6.08. The van der Waals surface area contributed by atoms with Gasteiger partial charge in [-0.1, -0.05) is 0 Å². The summed E-state index contributed by atoms with van der Waals surface area (Å²) in [6.45, 7) is 0. The minimum atomic E-state index is -0.515. The van der Waals surface area contributed by atoms with Crippen LogP contribution in [0, 0.1) is 5.82 Å². The number of benzene rings is 1. The van der Waals surface area contributed by atoms with Gasteiger partial charge in [0.1, 0.15) is 11.4 Å². The third kappa shape index (κ3) is 0.830. The lowest BCUT2D eigenvalue weighted by molar-refractivity contribution is 0.112.